The molecule has 0 saturated carbocycles. The summed E-state index contributed by atoms with van der Waals surface area (Å²) in [6.45, 7) is 4.29. The minimum absolute atomic E-state index is 0.230. The number of hydrogen-bond donors (Lipinski definition) is 1. The Kier molecular flexibility index (Phi) is 3.32. The van der Waals surface area contributed by atoms with Crippen molar-refractivity contribution in [1.29, 1.82) is 0 Å². The number of benzene rings is 1. The second-order valence-corrected chi connectivity index (χ2v) is 5.98. The van der Waals surface area contributed by atoms with Crippen LogP contribution in [0.4, 0.5) is 0 Å². The van der Waals surface area contributed by atoms with Crippen molar-refractivity contribution in [2.75, 3.05) is 7.11 Å². The van der Waals surface area contributed by atoms with Crippen molar-refractivity contribution in [3.8, 4) is 5.75 Å². The molecule has 21 heavy (non-hydrogen) atoms. The zero-order chi connectivity index (χ0) is 15.1. The third-order valence-electron chi connectivity index (χ3n) is 4.31. The molecule has 0 aliphatic heterocycles. The molecule has 1 aromatic heterocycles. The van der Waals surface area contributed by atoms with Gasteiger partial charge in [-0.05, 0) is 42.4 Å². The molecule has 2 unspecified atom stereocenters. The number of carbonyl (C=O) groups is 1. The summed E-state index contributed by atoms with van der Waals surface area (Å²) in [6.07, 6.45) is 1.85. The number of hydrogen-bond acceptors (Lipinski definition) is 3. The van der Waals surface area contributed by atoms with Gasteiger partial charge in [-0.3, -0.25) is 4.98 Å². The normalized spacial score (nSPS) is 21.1. The molecule has 0 amide bonds. The van der Waals surface area contributed by atoms with Gasteiger partial charge >= 0.3 is 5.97 Å². The first-order valence-corrected chi connectivity index (χ1v) is 7.25. The molecule has 0 bridgehead atoms. The number of methoxy groups -OCH3 is 1. The number of nitrogens with zero attached hydrogens (tertiary/aromatic N) is 1. The van der Waals surface area contributed by atoms with E-state index in [0.29, 0.717) is 28.1 Å². The first kappa shape index (κ1) is 13.9. The van der Waals surface area contributed by atoms with Crippen LogP contribution < -0.4 is 4.74 Å². The van der Waals surface area contributed by atoms with Crippen LogP contribution in [-0.4, -0.2) is 23.2 Å². The minimum Gasteiger partial charge on any atom is -0.497 e. The van der Waals surface area contributed by atoms with Crippen LogP contribution in [0.25, 0.3) is 10.9 Å². The van der Waals surface area contributed by atoms with Gasteiger partial charge in [-0.25, -0.2) is 4.79 Å². The number of fused-ring (bicyclic) bond motifs is 2. The highest BCUT2D eigenvalue weighted by molar-refractivity contribution is 6.04. The summed E-state index contributed by atoms with van der Waals surface area (Å²) in [5, 5.41) is 10.4. The number of ether oxygens (including phenoxy) is 1. The molecule has 2 aromatic rings. The third kappa shape index (κ3) is 2.24. The fourth-order valence-corrected chi connectivity index (χ4v) is 3.49. The second-order valence-electron chi connectivity index (χ2n) is 5.98. The number of carboxylic acid groups (broad SMARTS) is 1. The first-order chi connectivity index (χ1) is 10.0. The smallest absolute Gasteiger partial charge is 0.336 e. The minimum atomic E-state index is -0.870. The van der Waals surface area contributed by atoms with Crippen molar-refractivity contribution >= 4 is 16.9 Å². The summed E-state index contributed by atoms with van der Waals surface area (Å²) in [5.74, 6) is 0.590. The maximum atomic E-state index is 11.8. The molecule has 0 fully saturated rings. The molecule has 4 heteroatoms. The van der Waals surface area contributed by atoms with Crippen molar-refractivity contribution in [2.45, 2.75) is 32.6 Å². The van der Waals surface area contributed by atoms with Gasteiger partial charge in [0.15, 0.2) is 0 Å². The van der Waals surface area contributed by atoms with E-state index in [0.717, 1.165) is 24.1 Å². The fourth-order valence-electron chi connectivity index (χ4n) is 3.49. The Labute approximate surface area is 123 Å². The average Bonchev–Trinajstić information content (AvgIpc) is 2.43. The number of carboxylic acids is 1. The molecular weight excluding hydrogens is 266 g/mol. The second kappa shape index (κ2) is 5.02. The van der Waals surface area contributed by atoms with Crippen molar-refractivity contribution < 1.29 is 14.6 Å². The van der Waals surface area contributed by atoms with E-state index >= 15 is 0 Å². The van der Waals surface area contributed by atoms with Gasteiger partial charge in [-0.15, -0.1) is 0 Å². The summed E-state index contributed by atoms with van der Waals surface area (Å²) >= 11 is 0. The molecule has 110 valence electrons. The van der Waals surface area contributed by atoms with Crippen LogP contribution in [0.1, 0.15) is 47.8 Å². The van der Waals surface area contributed by atoms with Crippen molar-refractivity contribution in [2.24, 2.45) is 5.92 Å². The zero-order valence-corrected chi connectivity index (χ0v) is 12.5. The van der Waals surface area contributed by atoms with Crippen LogP contribution in [0, 0.1) is 5.92 Å². The van der Waals surface area contributed by atoms with E-state index in [-0.39, 0.29) is 5.92 Å². The lowest BCUT2D eigenvalue weighted by molar-refractivity contribution is 0.0696. The van der Waals surface area contributed by atoms with Gasteiger partial charge in [0, 0.05) is 17.1 Å². The van der Waals surface area contributed by atoms with E-state index in [2.05, 4.69) is 13.8 Å². The van der Waals surface area contributed by atoms with Crippen LogP contribution in [0.3, 0.4) is 0 Å². The van der Waals surface area contributed by atoms with Gasteiger partial charge in [0.05, 0.1) is 18.2 Å². The molecule has 2 atom stereocenters. The van der Waals surface area contributed by atoms with Crippen molar-refractivity contribution in [3.63, 3.8) is 0 Å². The average molecular weight is 285 g/mol. The summed E-state index contributed by atoms with van der Waals surface area (Å²) in [6, 6.07) is 5.40. The van der Waals surface area contributed by atoms with E-state index in [4.69, 9.17) is 9.72 Å². The number of aromatic nitrogens is 1. The Morgan fingerprint density at radius 2 is 2.14 bits per heavy atom. The Bertz CT molecular complexity index is 724. The standard InChI is InChI=1S/C17H19NO3/c1-9-6-10(2)15-14(7-9)18-13-8-11(21-3)4-5-12(13)16(15)17(19)20/h4-5,8-10H,6-7H2,1-3H3,(H,19,20). The Morgan fingerprint density at radius 3 is 2.81 bits per heavy atom. The van der Waals surface area contributed by atoms with Crippen molar-refractivity contribution in [3.05, 3.63) is 35.0 Å². The summed E-state index contributed by atoms with van der Waals surface area (Å²) in [4.78, 5) is 16.5. The number of pyridine rings is 1. The van der Waals surface area contributed by atoms with Gasteiger partial charge < -0.3 is 9.84 Å². The van der Waals surface area contributed by atoms with Gasteiger partial charge in [0.1, 0.15) is 5.75 Å². The highest BCUT2D eigenvalue weighted by Crippen LogP contribution is 2.39. The molecule has 1 aliphatic rings. The summed E-state index contributed by atoms with van der Waals surface area (Å²) in [5.41, 5.74) is 2.96. The van der Waals surface area contributed by atoms with Crippen molar-refractivity contribution in [1.82, 2.24) is 4.98 Å². The molecule has 1 N–H and O–H groups in total. The molecule has 1 aromatic carbocycles. The number of aromatic carboxylic acids is 1. The van der Waals surface area contributed by atoms with Crippen LogP contribution in [0.2, 0.25) is 0 Å². The van der Waals surface area contributed by atoms with Crippen LogP contribution in [0.5, 0.6) is 5.75 Å². The topological polar surface area (TPSA) is 59.4 Å². The summed E-state index contributed by atoms with van der Waals surface area (Å²) < 4.78 is 5.22. The van der Waals surface area contributed by atoms with Gasteiger partial charge in [0.25, 0.3) is 0 Å². The van der Waals surface area contributed by atoms with Gasteiger partial charge in [0.2, 0.25) is 0 Å². The molecule has 1 heterocycles. The molecule has 1 aliphatic carbocycles. The van der Waals surface area contributed by atoms with E-state index in [1.165, 1.54) is 0 Å². The Hall–Kier alpha value is -2.10. The molecule has 4 nitrogen and oxygen atoms in total. The van der Waals surface area contributed by atoms with E-state index in [1.54, 1.807) is 19.2 Å². The highest BCUT2D eigenvalue weighted by atomic mass is 16.5. The fraction of sp³-hybridized carbons (Fsp3) is 0.412. The Balaban J connectivity index is 2.35. The van der Waals surface area contributed by atoms with Gasteiger partial charge in [-0.1, -0.05) is 13.8 Å². The lowest BCUT2D eigenvalue weighted by Gasteiger charge is -2.28. The van der Waals surface area contributed by atoms with Gasteiger partial charge in [-0.2, -0.15) is 0 Å². The number of rotatable bonds is 2. The highest BCUT2D eigenvalue weighted by Gasteiger charge is 2.29. The molecular formula is C17H19NO3. The van der Waals surface area contributed by atoms with E-state index < -0.39 is 5.97 Å². The van der Waals surface area contributed by atoms with Crippen LogP contribution >= 0.6 is 0 Å². The van der Waals surface area contributed by atoms with E-state index in [9.17, 15) is 9.90 Å². The quantitative estimate of drug-likeness (QED) is 0.915. The largest absolute Gasteiger partial charge is 0.497 e. The predicted octanol–water partition coefficient (Wildman–Crippen LogP) is 3.63. The monoisotopic (exact) mass is 285 g/mol. The maximum Gasteiger partial charge on any atom is 0.336 e. The predicted molar refractivity (Wildman–Crippen MR) is 81.2 cm³/mol. The van der Waals surface area contributed by atoms with Crippen LogP contribution in [0.15, 0.2) is 18.2 Å². The lowest BCUT2D eigenvalue weighted by Crippen LogP contribution is -2.20. The zero-order valence-electron chi connectivity index (χ0n) is 12.5. The Morgan fingerprint density at radius 1 is 1.38 bits per heavy atom. The maximum absolute atomic E-state index is 11.8. The SMILES string of the molecule is COc1ccc2c(C(=O)O)c3c(nc2c1)CC(C)CC3C. The third-order valence-corrected chi connectivity index (χ3v) is 4.31. The first-order valence-electron chi connectivity index (χ1n) is 7.25. The lowest BCUT2D eigenvalue weighted by atomic mass is 9.78. The van der Waals surface area contributed by atoms with E-state index in [1.807, 2.05) is 6.07 Å². The molecule has 0 radical (unpaired) electrons. The molecule has 3 rings (SSSR count). The summed E-state index contributed by atoms with van der Waals surface area (Å²) in [7, 11) is 1.60. The molecule has 0 spiro atoms. The van der Waals surface area contributed by atoms with Crippen LogP contribution in [-0.2, 0) is 6.42 Å². The molecule has 0 saturated heterocycles.